The lowest BCUT2D eigenvalue weighted by Crippen LogP contribution is -2.25. The number of non-ortho nitro benzene ring substituents is 1. The van der Waals surface area contributed by atoms with E-state index >= 15 is 0 Å². The van der Waals surface area contributed by atoms with Crippen molar-refractivity contribution in [2.24, 2.45) is 5.14 Å². The van der Waals surface area contributed by atoms with Crippen LogP contribution in [0.3, 0.4) is 0 Å². The third kappa shape index (κ3) is 5.29. The minimum atomic E-state index is -3.81. The highest BCUT2D eigenvalue weighted by atomic mass is 32.2. The highest BCUT2D eigenvalue weighted by Crippen LogP contribution is 2.25. The first-order valence-corrected chi connectivity index (χ1v) is 8.92. The van der Waals surface area contributed by atoms with Crippen LogP contribution in [0.5, 0.6) is 0 Å². The molecule has 2 aromatic carbocycles. The number of primary sulfonamides is 1. The maximum atomic E-state index is 12.0. The Morgan fingerprint density at radius 1 is 1.04 bits per heavy atom. The minimum Gasteiger partial charge on any atom is -0.352 e. The van der Waals surface area contributed by atoms with Gasteiger partial charge in [-0.05, 0) is 23.8 Å². The van der Waals surface area contributed by atoms with E-state index in [-0.39, 0.29) is 23.4 Å². The Kier molecular flexibility index (Phi) is 5.82. The Labute approximate surface area is 153 Å². The summed E-state index contributed by atoms with van der Waals surface area (Å²) < 4.78 is 22.4. The summed E-state index contributed by atoms with van der Waals surface area (Å²) in [7, 11) is -3.81. The molecule has 3 N–H and O–H groups in total. The first-order valence-electron chi connectivity index (χ1n) is 7.38. The molecule has 0 fully saturated rings. The fourth-order valence-corrected chi connectivity index (χ4v) is 2.73. The maximum absolute atomic E-state index is 12.0. The van der Waals surface area contributed by atoms with Crippen molar-refractivity contribution in [2.45, 2.75) is 17.9 Å². The van der Waals surface area contributed by atoms with Gasteiger partial charge in [0.1, 0.15) is 0 Å². The lowest BCUT2D eigenvalue weighted by atomic mass is 10.1. The van der Waals surface area contributed by atoms with Crippen molar-refractivity contribution in [1.29, 1.82) is 0 Å². The number of amides is 1. The van der Waals surface area contributed by atoms with Gasteiger partial charge in [0.05, 0.1) is 27.2 Å². The Hall–Kier alpha value is -3.38. The molecule has 0 saturated heterocycles. The second kappa shape index (κ2) is 7.88. The molecule has 142 valence electrons. The zero-order valence-electron chi connectivity index (χ0n) is 13.7. The summed E-state index contributed by atoms with van der Waals surface area (Å²) in [6.45, 7) is 0.0600. The molecule has 0 unspecified atom stereocenters. The molecule has 0 spiro atoms. The Bertz CT molecular complexity index is 1000. The predicted molar refractivity (Wildman–Crippen MR) is 93.1 cm³/mol. The highest BCUT2D eigenvalue weighted by molar-refractivity contribution is 7.89. The number of carbonyl (C=O) groups is 1. The van der Waals surface area contributed by atoms with Crippen molar-refractivity contribution in [2.75, 3.05) is 0 Å². The van der Waals surface area contributed by atoms with E-state index in [9.17, 15) is 33.4 Å². The SMILES string of the molecule is NS(=O)(=O)c1ccc(CNC(=O)Cc2ccc([N+](=O)[O-])cc2[N+](=O)[O-])cc1. The zero-order chi connectivity index (χ0) is 20.2. The number of hydrogen-bond donors (Lipinski definition) is 2. The second-order valence-electron chi connectivity index (χ2n) is 5.47. The monoisotopic (exact) mass is 394 g/mol. The van der Waals surface area contributed by atoms with Crippen LogP contribution in [0.25, 0.3) is 0 Å². The molecule has 0 atom stereocenters. The van der Waals surface area contributed by atoms with E-state index in [2.05, 4.69) is 5.32 Å². The molecule has 0 aliphatic carbocycles. The summed E-state index contributed by atoms with van der Waals surface area (Å²) in [6, 6.07) is 8.56. The summed E-state index contributed by atoms with van der Waals surface area (Å²) in [5.41, 5.74) is -0.334. The van der Waals surface area contributed by atoms with E-state index in [0.717, 1.165) is 18.2 Å². The van der Waals surface area contributed by atoms with Gasteiger partial charge in [-0.15, -0.1) is 0 Å². The Morgan fingerprint density at radius 2 is 1.67 bits per heavy atom. The van der Waals surface area contributed by atoms with Crippen LogP contribution in [0.15, 0.2) is 47.4 Å². The number of rotatable bonds is 7. The van der Waals surface area contributed by atoms with Gasteiger partial charge in [0.2, 0.25) is 15.9 Å². The average molecular weight is 394 g/mol. The quantitative estimate of drug-likeness (QED) is 0.520. The normalized spacial score (nSPS) is 11.0. The van der Waals surface area contributed by atoms with Crippen LogP contribution < -0.4 is 10.5 Å². The van der Waals surface area contributed by atoms with E-state index in [1.165, 1.54) is 24.3 Å². The molecule has 0 aliphatic heterocycles. The molecular weight excluding hydrogens is 380 g/mol. The molecule has 2 rings (SSSR count). The van der Waals surface area contributed by atoms with Gasteiger partial charge in [-0.2, -0.15) is 0 Å². The van der Waals surface area contributed by atoms with Crippen LogP contribution in [0.1, 0.15) is 11.1 Å². The predicted octanol–water partition coefficient (Wildman–Crippen LogP) is 1.01. The van der Waals surface area contributed by atoms with Crippen molar-refractivity contribution >= 4 is 27.3 Å². The molecule has 1 amide bonds. The molecule has 0 bridgehead atoms. The molecule has 0 aliphatic rings. The number of nitrogens with two attached hydrogens (primary N) is 1. The van der Waals surface area contributed by atoms with Crippen LogP contribution in [-0.4, -0.2) is 24.2 Å². The molecule has 0 heterocycles. The average Bonchev–Trinajstić information content (AvgIpc) is 2.59. The second-order valence-corrected chi connectivity index (χ2v) is 7.03. The van der Waals surface area contributed by atoms with Gasteiger partial charge in [-0.25, -0.2) is 13.6 Å². The molecule has 0 radical (unpaired) electrons. The van der Waals surface area contributed by atoms with Crippen molar-refractivity contribution in [1.82, 2.24) is 5.32 Å². The number of nitro benzene ring substituents is 2. The summed E-state index contributed by atoms with van der Waals surface area (Å²) in [5.74, 6) is -0.539. The third-order valence-corrected chi connectivity index (χ3v) is 4.50. The van der Waals surface area contributed by atoms with Crippen LogP contribution in [0, 0.1) is 20.2 Å². The molecule has 0 aromatic heterocycles. The zero-order valence-corrected chi connectivity index (χ0v) is 14.5. The number of nitro groups is 2. The number of hydrogen-bond acceptors (Lipinski definition) is 7. The van der Waals surface area contributed by atoms with Gasteiger partial charge in [0.15, 0.2) is 0 Å². The molecular formula is C15H14N4O7S. The van der Waals surface area contributed by atoms with Crippen LogP contribution in [0.4, 0.5) is 11.4 Å². The Morgan fingerprint density at radius 3 is 2.19 bits per heavy atom. The molecule has 2 aromatic rings. The maximum Gasteiger partial charge on any atom is 0.279 e. The smallest absolute Gasteiger partial charge is 0.279 e. The number of nitrogens with zero attached hydrogens (tertiary/aromatic N) is 2. The van der Waals surface area contributed by atoms with E-state index in [1.54, 1.807) is 0 Å². The van der Waals surface area contributed by atoms with Gasteiger partial charge < -0.3 is 5.32 Å². The van der Waals surface area contributed by atoms with Crippen molar-refractivity contribution in [3.8, 4) is 0 Å². The standard InChI is InChI=1S/C15H14N4O7S/c16-27(25,26)13-5-1-10(2-6-13)9-17-15(20)7-11-3-4-12(18(21)22)8-14(11)19(23)24/h1-6,8H,7,9H2,(H,17,20)(H2,16,25,26). The largest absolute Gasteiger partial charge is 0.352 e. The Balaban J connectivity index is 2.05. The fraction of sp³-hybridized carbons (Fsp3) is 0.133. The van der Waals surface area contributed by atoms with E-state index in [0.29, 0.717) is 5.56 Å². The summed E-state index contributed by atoms with van der Waals surface area (Å²) in [6.07, 6.45) is -0.344. The van der Waals surface area contributed by atoms with E-state index in [1.807, 2.05) is 0 Å². The summed E-state index contributed by atoms with van der Waals surface area (Å²) in [4.78, 5) is 32.2. The molecule has 11 nitrogen and oxygen atoms in total. The third-order valence-electron chi connectivity index (χ3n) is 3.57. The fourth-order valence-electron chi connectivity index (χ4n) is 2.22. The van der Waals surface area contributed by atoms with Gasteiger partial charge in [0, 0.05) is 18.2 Å². The lowest BCUT2D eigenvalue weighted by Gasteiger charge is -2.07. The minimum absolute atomic E-state index is 0.0349. The summed E-state index contributed by atoms with van der Waals surface area (Å²) in [5, 5.41) is 29.3. The van der Waals surface area contributed by atoms with Gasteiger partial charge in [-0.1, -0.05) is 12.1 Å². The van der Waals surface area contributed by atoms with Gasteiger partial charge >= 0.3 is 0 Å². The number of nitrogens with one attached hydrogen (secondary N) is 1. The van der Waals surface area contributed by atoms with Crippen molar-refractivity contribution in [3.63, 3.8) is 0 Å². The van der Waals surface area contributed by atoms with E-state index < -0.39 is 37.2 Å². The first kappa shape index (κ1) is 19.9. The van der Waals surface area contributed by atoms with Crippen LogP contribution >= 0.6 is 0 Å². The number of carbonyl (C=O) groups excluding carboxylic acids is 1. The van der Waals surface area contributed by atoms with Crippen LogP contribution in [-0.2, 0) is 27.8 Å². The number of benzene rings is 2. The highest BCUT2D eigenvalue weighted by Gasteiger charge is 2.21. The molecule has 12 heteroatoms. The van der Waals surface area contributed by atoms with Crippen molar-refractivity contribution < 1.29 is 23.1 Å². The van der Waals surface area contributed by atoms with Crippen molar-refractivity contribution in [3.05, 3.63) is 73.8 Å². The first-order chi connectivity index (χ1) is 12.6. The van der Waals surface area contributed by atoms with E-state index in [4.69, 9.17) is 5.14 Å². The summed E-state index contributed by atoms with van der Waals surface area (Å²) >= 11 is 0. The van der Waals surface area contributed by atoms with Gasteiger partial charge in [0.25, 0.3) is 11.4 Å². The molecule has 0 saturated carbocycles. The molecule has 27 heavy (non-hydrogen) atoms. The lowest BCUT2D eigenvalue weighted by molar-refractivity contribution is -0.394. The van der Waals surface area contributed by atoms with Gasteiger partial charge in [-0.3, -0.25) is 25.0 Å². The van der Waals surface area contributed by atoms with Crippen LogP contribution in [0.2, 0.25) is 0 Å². The topological polar surface area (TPSA) is 176 Å². The number of sulfonamides is 1.